The van der Waals surface area contributed by atoms with Crippen molar-refractivity contribution in [2.75, 3.05) is 31.1 Å². The fraction of sp³-hybridized carbons (Fsp3) is 0.263. The second kappa shape index (κ2) is 7.35. The minimum Gasteiger partial charge on any atom is -0.368 e. The maximum absolute atomic E-state index is 13.9. The maximum atomic E-state index is 13.9. The van der Waals surface area contributed by atoms with E-state index in [-0.39, 0.29) is 26.4 Å². The third-order valence-corrected chi connectivity index (χ3v) is 6.75. The third kappa shape index (κ3) is 3.25. The van der Waals surface area contributed by atoms with E-state index in [1.807, 2.05) is 4.90 Å². The molecule has 0 aliphatic carbocycles. The van der Waals surface area contributed by atoms with Crippen molar-refractivity contribution in [1.29, 1.82) is 0 Å². The molecule has 0 amide bonds. The van der Waals surface area contributed by atoms with Gasteiger partial charge in [0.2, 0.25) is 0 Å². The van der Waals surface area contributed by atoms with Crippen LogP contribution >= 0.6 is 11.6 Å². The van der Waals surface area contributed by atoms with Gasteiger partial charge in [0.1, 0.15) is 0 Å². The zero-order chi connectivity index (χ0) is 19.9. The number of benzene rings is 2. The van der Waals surface area contributed by atoms with Gasteiger partial charge in [-0.05, 0) is 30.3 Å². The van der Waals surface area contributed by atoms with Gasteiger partial charge in [0.15, 0.2) is 0 Å². The van der Waals surface area contributed by atoms with E-state index < -0.39 is 16.4 Å². The topological polar surface area (TPSA) is 54.3 Å². The lowest BCUT2D eigenvalue weighted by Gasteiger charge is -2.30. The van der Waals surface area contributed by atoms with Crippen LogP contribution in [-0.4, -0.2) is 38.6 Å². The van der Waals surface area contributed by atoms with Gasteiger partial charge in [0.05, 0.1) is 10.4 Å². The highest BCUT2D eigenvalue weighted by atomic mass is 35.5. The molecule has 1 N–H and O–H groups in total. The number of fused-ring (bicyclic) bond motifs is 1. The number of piperazine rings is 1. The number of nitrogens with zero attached hydrogens (tertiary/aromatic N) is 2. The molecule has 0 spiro atoms. The van der Waals surface area contributed by atoms with E-state index in [0.717, 1.165) is 23.3 Å². The number of aromatic nitrogens is 1. The first-order chi connectivity index (χ1) is 13.4. The molecule has 3 aromatic rings. The highest BCUT2D eigenvalue weighted by Crippen LogP contribution is 2.38. The summed E-state index contributed by atoms with van der Waals surface area (Å²) in [4.78, 5) is 1.95. The van der Waals surface area contributed by atoms with Gasteiger partial charge in [0.25, 0.3) is 16.4 Å². The molecule has 0 saturated carbocycles. The molecule has 1 aliphatic rings. The van der Waals surface area contributed by atoms with E-state index >= 15 is 0 Å². The van der Waals surface area contributed by atoms with Crippen LogP contribution in [0.2, 0.25) is 5.02 Å². The predicted octanol–water partition coefficient (Wildman–Crippen LogP) is 3.88. The van der Waals surface area contributed by atoms with Crippen LogP contribution in [0.1, 0.15) is 12.0 Å². The standard InChI is InChI=1S/C19H18ClF2N3O2S/c20-13-3-1-4-14(11-13)28(26,27)25-12-15(19(21)22)18-16(5-2-6-17(18)25)24-9-7-23-8-10-24/h1-6,11-12,19,23H,7-10H2. The lowest BCUT2D eigenvalue weighted by atomic mass is 10.1. The van der Waals surface area contributed by atoms with Gasteiger partial charge < -0.3 is 10.2 Å². The average Bonchev–Trinajstić information content (AvgIpc) is 3.09. The largest absolute Gasteiger partial charge is 0.368 e. The Balaban J connectivity index is 1.96. The lowest BCUT2D eigenvalue weighted by Crippen LogP contribution is -2.43. The fourth-order valence-electron chi connectivity index (χ4n) is 3.54. The molecular formula is C19H18ClF2N3O2S. The van der Waals surface area contributed by atoms with Crippen LogP contribution < -0.4 is 10.2 Å². The molecule has 0 radical (unpaired) electrons. The quantitative estimate of drug-likeness (QED) is 0.689. The van der Waals surface area contributed by atoms with E-state index in [1.165, 1.54) is 18.2 Å². The SMILES string of the molecule is O=S(=O)(c1cccc(Cl)c1)n1cc(C(F)F)c2c(N3CCNCC3)cccc21. The van der Waals surface area contributed by atoms with Gasteiger partial charge in [-0.25, -0.2) is 21.2 Å². The molecule has 1 aromatic heterocycles. The minimum absolute atomic E-state index is 0.0507. The molecule has 148 valence electrons. The summed E-state index contributed by atoms with van der Waals surface area (Å²) in [5.74, 6) is 0. The van der Waals surface area contributed by atoms with Crippen molar-refractivity contribution in [2.24, 2.45) is 0 Å². The molecule has 5 nitrogen and oxygen atoms in total. The Labute approximate surface area is 166 Å². The van der Waals surface area contributed by atoms with Crippen molar-refractivity contribution >= 4 is 38.2 Å². The zero-order valence-electron chi connectivity index (χ0n) is 14.8. The zero-order valence-corrected chi connectivity index (χ0v) is 16.4. The second-order valence-electron chi connectivity index (χ2n) is 6.55. The van der Waals surface area contributed by atoms with E-state index in [1.54, 1.807) is 24.3 Å². The minimum atomic E-state index is -4.08. The second-order valence-corrected chi connectivity index (χ2v) is 8.80. The molecule has 1 fully saturated rings. The van der Waals surface area contributed by atoms with Crippen molar-refractivity contribution in [1.82, 2.24) is 9.29 Å². The highest BCUT2D eigenvalue weighted by Gasteiger charge is 2.27. The molecule has 0 bridgehead atoms. The molecule has 2 aromatic carbocycles. The predicted molar refractivity (Wildman–Crippen MR) is 106 cm³/mol. The van der Waals surface area contributed by atoms with Crippen LogP contribution in [0.5, 0.6) is 0 Å². The van der Waals surface area contributed by atoms with Crippen LogP contribution in [0.15, 0.2) is 53.6 Å². The summed E-state index contributed by atoms with van der Waals surface area (Å²) in [5.41, 5.74) is 0.551. The summed E-state index contributed by atoms with van der Waals surface area (Å²) in [7, 11) is -4.08. The Morgan fingerprint density at radius 1 is 1.07 bits per heavy atom. The van der Waals surface area contributed by atoms with Crippen LogP contribution in [0.3, 0.4) is 0 Å². The molecule has 4 rings (SSSR count). The first kappa shape index (κ1) is 19.2. The maximum Gasteiger partial charge on any atom is 0.268 e. The van der Waals surface area contributed by atoms with Crippen molar-refractivity contribution in [3.8, 4) is 0 Å². The number of rotatable bonds is 4. The van der Waals surface area contributed by atoms with Crippen molar-refractivity contribution in [2.45, 2.75) is 11.3 Å². The smallest absolute Gasteiger partial charge is 0.268 e. The van der Waals surface area contributed by atoms with Crippen molar-refractivity contribution in [3.05, 3.63) is 59.2 Å². The Hall–Kier alpha value is -2.16. The Bertz CT molecular complexity index is 1130. The molecule has 9 heteroatoms. The highest BCUT2D eigenvalue weighted by molar-refractivity contribution is 7.90. The summed E-state index contributed by atoms with van der Waals surface area (Å²) in [5, 5.41) is 3.75. The first-order valence-corrected chi connectivity index (χ1v) is 10.6. The summed E-state index contributed by atoms with van der Waals surface area (Å²) in [6.07, 6.45) is -1.78. The summed E-state index contributed by atoms with van der Waals surface area (Å²) in [6.45, 7) is 2.80. The van der Waals surface area contributed by atoms with Gasteiger partial charge >= 0.3 is 0 Å². The first-order valence-electron chi connectivity index (χ1n) is 8.78. The summed E-state index contributed by atoms with van der Waals surface area (Å²) in [6, 6.07) is 10.8. The van der Waals surface area contributed by atoms with E-state index in [0.29, 0.717) is 18.8 Å². The number of halogens is 3. The summed E-state index contributed by atoms with van der Waals surface area (Å²) < 4.78 is 55.0. The van der Waals surface area contributed by atoms with Gasteiger partial charge in [-0.15, -0.1) is 0 Å². The number of alkyl halides is 2. The number of nitrogens with one attached hydrogen (secondary N) is 1. The number of anilines is 1. The van der Waals surface area contributed by atoms with E-state index in [9.17, 15) is 17.2 Å². The Kier molecular flexibility index (Phi) is 5.03. The summed E-state index contributed by atoms with van der Waals surface area (Å²) >= 11 is 5.93. The molecular weight excluding hydrogens is 408 g/mol. The molecule has 1 aliphatic heterocycles. The van der Waals surface area contributed by atoms with Gasteiger partial charge in [-0.1, -0.05) is 23.7 Å². The van der Waals surface area contributed by atoms with Gasteiger partial charge in [-0.3, -0.25) is 0 Å². The molecule has 28 heavy (non-hydrogen) atoms. The molecule has 0 unspecified atom stereocenters. The Morgan fingerprint density at radius 2 is 1.79 bits per heavy atom. The van der Waals surface area contributed by atoms with Crippen molar-refractivity contribution in [3.63, 3.8) is 0 Å². The average molecular weight is 426 g/mol. The van der Waals surface area contributed by atoms with Crippen LogP contribution in [0.25, 0.3) is 10.9 Å². The number of hydrogen-bond acceptors (Lipinski definition) is 4. The van der Waals surface area contributed by atoms with E-state index in [2.05, 4.69) is 5.32 Å². The fourth-order valence-corrected chi connectivity index (χ4v) is 5.21. The lowest BCUT2D eigenvalue weighted by molar-refractivity contribution is 0.153. The third-order valence-electron chi connectivity index (χ3n) is 4.85. The molecule has 2 heterocycles. The molecule has 0 atom stereocenters. The van der Waals surface area contributed by atoms with Crippen molar-refractivity contribution < 1.29 is 17.2 Å². The number of hydrogen-bond donors (Lipinski definition) is 1. The monoisotopic (exact) mass is 425 g/mol. The molecule has 1 saturated heterocycles. The van der Waals surface area contributed by atoms with Crippen LogP contribution in [0.4, 0.5) is 14.5 Å². The van der Waals surface area contributed by atoms with Crippen LogP contribution in [-0.2, 0) is 10.0 Å². The normalized spacial score (nSPS) is 15.5. The van der Waals surface area contributed by atoms with E-state index in [4.69, 9.17) is 11.6 Å². The van der Waals surface area contributed by atoms with Gasteiger partial charge in [-0.2, -0.15) is 0 Å². The Morgan fingerprint density at radius 3 is 2.46 bits per heavy atom. The van der Waals surface area contributed by atoms with Crippen LogP contribution in [0, 0.1) is 0 Å². The van der Waals surface area contributed by atoms with Gasteiger partial charge in [0, 0.05) is 54.0 Å².